The average Bonchev–Trinajstić information content (AvgIpc) is 3.19. The van der Waals surface area contributed by atoms with Crippen molar-refractivity contribution < 1.29 is 47.6 Å². The van der Waals surface area contributed by atoms with Crippen molar-refractivity contribution >= 4 is 12.1 Å². The van der Waals surface area contributed by atoms with Crippen molar-refractivity contribution in [1.82, 2.24) is 0 Å². The molecule has 0 radical (unpaired) electrons. The molecule has 2 aromatic carbocycles. The van der Waals surface area contributed by atoms with E-state index in [0.29, 0.717) is 0 Å². The second kappa shape index (κ2) is 8.51. The first-order chi connectivity index (χ1) is 11.6. The molecule has 0 saturated carbocycles. The number of hydrogen-bond acceptors (Lipinski definition) is 0. The summed E-state index contributed by atoms with van der Waals surface area (Å²) in [5.41, 5.74) is 12.3. The molecule has 0 amide bonds. The fourth-order valence-electron chi connectivity index (χ4n) is 4.14. The molecule has 0 unspecified atom stereocenters. The second-order valence-electron chi connectivity index (χ2n) is 7.14. The van der Waals surface area contributed by atoms with E-state index in [9.17, 15) is 0 Å². The van der Waals surface area contributed by atoms with Crippen LogP contribution >= 0.6 is 0 Å². The van der Waals surface area contributed by atoms with Crippen LogP contribution < -0.4 is 28.1 Å². The molecule has 0 nitrogen and oxygen atoms in total. The number of benzene rings is 2. The number of fused-ring (bicyclic) bond motifs is 3. The van der Waals surface area contributed by atoms with Crippen LogP contribution in [0, 0.1) is 13.8 Å². The Morgan fingerprint density at radius 3 is 2.31 bits per heavy atom. The van der Waals surface area contributed by atoms with Gasteiger partial charge in [-0.15, -0.1) is 0 Å². The number of halogens is 2. The molecule has 0 N–H and O–H groups in total. The first-order valence-electron chi connectivity index (χ1n) is 8.75. The average molecular weight is 462 g/mol. The van der Waals surface area contributed by atoms with Crippen LogP contribution in [0.5, 0.6) is 0 Å². The van der Waals surface area contributed by atoms with Crippen molar-refractivity contribution in [3.8, 4) is 11.1 Å². The Balaban J connectivity index is 0.00000121. The Hall–Kier alpha value is -0.747. The predicted molar refractivity (Wildman–Crippen MR) is 102 cm³/mol. The molecule has 4 rings (SSSR count). The molecule has 26 heavy (non-hydrogen) atoms. The third-order valence-corrected chi connectivity index (χ3v) is 8.49. The standard InChI is InChI=1S/C20H17.C3H6.2ClH.Zr/c1-13-14(2)20-17(11-16-9-5-6-10-18(16)20)12-19(13)15-7-3-4-8-15;1-3-2;;;/h3-7,9-10H,8,11H2,1-2H3;1-2H3;2*1H;/q;;;;+2/p-2. The molecule has 2 aliphatic carbocycles. The Morgan fingerprint density at radius 1 is 0.962 bits per heavy atom. The molecule has 0 spiro atoms. The largest absolute Gasteiger partial charge is 1.00 e. The molecule has 2 aliphatic rings. The first-order valence-corrected chi connectivity index (χ1v) is 11.2. The number of allylic oxidation sites excluding steroid dienone is 4. The van der Waals surface area contributed by atoms with Gasteiger partial charge in [0, 0.05) is 0 Å². The van der Waals surface area contributed by atoms with Gasteiger partial charge in [0.1, 0.15) is 0 Å². The maximum atomic E-state index is 2.35. The van der Waals surface area contributed by atoms with E-state index in [1.54, 1.807) is 23.2 Å². The molecular formula is C23H23Cl2Zr. The molecule has 3 heteroatoms. The van der Waals surface area contributed by atoms with Gasteiger partial charge >= 0.3 is 157 Å². The van der Waals surface area contributed by atoms with E-state index in [4.69, 9.17) is 0 Å². The molecule has 2 aromatic rings. The molecule has 0 aromatic heterocycles. The van der Waals surface area contributed by atoms with Gasteiger partial charge in [-0.2, -0.15) is 0 Å². The van der Waals surface area contributed by atoms with Gasteiger partial charge in [-0.25, -0.2) is 0 Å². The minimum Gasteiger partial charge on any atom is -1.00 e. The third-order valence-electron chi connectivity index (χ3n) is 5.29. The molecule has 133 valence electrons. The fraction of sp³-hybridized carbons (Fsp3) is 0.261. The Bertz CT molecular complexity index is 945. The smallest absolute Gasteiger partial charge is 1.00 e. The predicted octanol–water partition coefficient (Wildman–Crippen LogP) is -0.854. The third kappa shape index (κ3) is 3.51. The van der Waals surface area contributed by atoms with Crippen molar-refractivity contribution in [2.75, 3.05) is 0 Å². The van der Waals surface area contributed by atoms with Gasteiger partial charge in [-0.1, -0.05) is 0 Å². The van der Waals surface area contributed by atoms with Crippen molar-refractivity contribution in [1.29, 1.82) is 0 Å². The van der Waals surface area contributed by atoms with Crippen LogP contribution in [0.15, 0.2) is 42.5 Å². The zero-order valence-electron chi connectivity index (χ0n) is 15.7. The Kier molecular flexibility index (Phi) is 7.05. The van der Waals surface area contributed by atoms with E-state index in [1.807, 2.05) is 0 Å². The monoisotopic (exact) mass is 459 g/mol. The van der Waals surface area contributed by atoms with Gasteiger partial charge in [0.15, 0.2) is 0 Å². The zero-order chi connectivity index (χ0) is 16.8. The van der Waals surface area contributed by atoms with E-state index in [-0.39, 0.29) is 24.8 Å². The topological polar surface area (TPSA) is 0 Å². The molecule has 0 bridgehead atoms. The van der Waals surface area contributed by atoms with Crippen molar-refractivity contribution in [2.24, 2.45) is 0 Å². The molecule has 0 fully saturated rings. The van der Waals surface area contributed by atoms with E-state index < -0.39 is 22.8 Å². The molecule has 0 saturated heterocycles. The van der Waals surface area contributed by atoms with Crippen molar-refractivity contribution in [3.05, 3.63) is 70.3 Å². The normalized spacial score (nSPS) is 13.2. The van der Waals surface area contributed by atoms with Gasteiger partial charge < -0.3 is 24.8 Å². The number of rotatable bonds is 2. The summed E-state index contributed by atoms with van der Waals surface area (Å²) in [6, 6.07) is 9.02. The van der Waals surface area contributed by atoms with Crippen LogP contribution in [0.3, 0.4) is 0 Å². The minimum atomic E-state index is -0.690. The zero-order valence-corrected chi connectivity index (χ0v) is 19.7. The Morgan fingerprint density at radius 2 is 1.65 bits per heavy atom. The van der Waals surface area contributed by atoms with E-state index in [2.05, 4.69) is 70.2 Å². The summed E-state index contributed by atoms with van der Waals surface area (Å²) in [7, 11) is 0. The summed E-state index contributed by atoms with van der Waals surface area (Å²) in [6.07, 6.45) is 9.09. The van der Waals surface area contributed by atoms with E-state index >= 15 is 0 Å². The van der Waals surface area contributed by atoms with Gasteiger partial charge in [-0.3, -0.25) is 0 Å². The quantitative estimate of drug-likeness (QED) is 0.467. The van der Waals surface area contributed by atoms with Crippen LogP contribution in [-0.4, -0.2) is 3.21 Å². The number of hydrogen-bond donors (Lipinski definition) is 0. The van der Waals surface area contributed by atoms with Crippen molar-refractivity contribution in [3.63, 3.8) is 0 Å². The summed E-state index contributed by atoms with van der Waals surface area (Å²) in [5, 5.41) is 0. The van der Waals surface area contributed by atoms with Gasteiger partial charge in [0.25, 0.3) is 0 Å². The molecule has 0 atom stereocenters. The molecular weight excluding hydrogens is 438 g/mol. The summed E-state index contributed by atoms with van der Waals surface area (Å²) in [5.74, 6) is 0. The Labute approximate surface area is 180 Å². The van der Waals surface area contributed by atoms with Crippen LogP contribution in [0.2, 0.25) is 0 Å². The summed E-state index contributed by atoms with van der Waals surface area (Å²) in [4.78, 5) is 0. The van der Waals surface area contributed by atoms with Crippen LogP contribution in [0.1, 0.15) is 48.1 Å². The van der Waals surface area contributed by atoms with Crippen LogP contribution in [0.4, 0.5) is 0 Å². The summed E-state index contributed by atoms with van der Waals surface area (Å²) >= 11 is -0.690. The van der Waals surface area contributed by atoms with Gasteiger partial charge in [0.2, 0.25) is 0 Å². The maximum absolute atomic E-state index is 2.35. The first kappa shape index (κ1) is 21.6. The van der Waals surface area contributed by atoms with Gasteiger partial charge in [0.05, 0.1) is 0 Å². The SMILES string of the molecule is C[C](C)=[Zr+2][c]1c2c(c(C)c(C)c1C1=CC=CC1)-c1ccccc1C2.[Cl-].[Cl-]. The summed E-state index contributed by atoms with van der Waals surface area (Å²) in [6.45, 7) is 9.35. The molecule has 0 heterocycles. The molecule has 0 aliphatic heterocycles. The van der Waals surface area contributed by atoms with Crippen LogP contribution in [-0.2, 0) is 29.2 Å². The van der Waals surface area contributed by atoms with Crippen molar-refractivity contribution in [2.45, 2.75) is 40.5 Å². The summed E-state index contributed by atoms with van der Waals surface area (Å²) < 4.78 is 3.40. The van der Waals surface area contributed by atoms with Gasteiger partial charge in [-0.05, 0) is 0 Å². The maximum Gasteiger partial charge on any atom is -1.00 e. The van der Waals surface area contributed by atoms with E-state index in [1.165, 1.54) is 27.8 Å². The second-order valence-corrected chi connectivity index (χ2v) is 11.4. The fourth-order valence-corrected chi connectivity index (χ4v) is 7.42. The van der Waals surface area contributed by atoms with E-state index in [0.717, 1.165) is 12.8 Å². The van der Waals surface area contributed by atoms with Crippen LogP contribution in [0.25, 0.3) is 16.7 Å². The minimum absolute atomic E-state index is 0.